The number of nitrogens with zero attached hydrogens (tertiary/aromatic N) is 2. The van der Waals surface area contributed by atoms with Gasteiger partial charge in [-0.2, -0.15) is 5.10 Å². The van der Waals surface area contributed by atoms with Crippen LogP contribution in [0.5, 0.6) is 0 Å². The van der Waals surface area contributed by atoms with E-state index in [2.05, 4.69) is 15.7 Å². The van der Waals surface area contributed by atoms with Crippen LogP contribution < -0.4 is 10.6 Å². The lowest BCUT2D eigenvalue weighted by Gasteiger charge is -2.09. The first-order valence-corrected chi connectivity index (χ1v) is 8.45. The minimum absolute atomic E-state index is 0.158. The summed E-state index contributed by atoms with van der Waals surface area (Å²) in [5.41, 5.74) is 1.88. The molecule has 0 atom stereocenters. The molecule has 0 aliphatic heterocycles. The van der Waals surface area contributed by atoms with E-state index >= 15 is 0 Å². The highest BCUT2D eigenvalue weighted by atomic mass is 35.5. The average molecular weight is 387 g/mol. The van der Waals surface area contributed by atoms with Crippen molar-refractivity contribution in [2.75, 3.05) is 10.6 Å². The van der Waals surface area contributed by atoms with Gasteiger partial charge in [-0.25, -0.2) is 4.39 Å². The lowest BCUT2D eigenvalue weighted by Crippen LogP contribution is -2.24. The number of rotatable bonds is 5. The van der Waals surface area contributed by atoms with Gasteiger partial charge in [-0.15, -0.1) is 0 Å². The molecule has 8 heteroatoms. The summed E-state index contributed by atoms with van der Waals surface area (Å²) in [6.45, 7) is 1.57. The number of aromatic nitrogens is 2. The number of carbonyl (C=O) groups is 2. The van der Waals surface area contributed by atoms with Crippen LogP contribution in [0.3, 0.4) is 0 Å². The zero-order valence-electron chi connectivity index (χ0n) is 14.4. The van der Waals surface area contributed by atoms with Gasteiger partial charge in [0.25, 0.3) is 5.91 Å². The standard InChI is InChI=1S/C19H16ClFN4O2/c1-12-10-17(19(27)23-16-6-2-13(20)3-7-16)25(24-12)11-18(26)22-15-8-4-14(21)5-9-15/h2-10H,11H2,1H3,(H,22,26)(H,23,27). The Morgan fingerprint density at radius 1 is 1.04 bits per heavy atom. The molecule has 3 aromatic rings. The minimum Gasteiger partial charge on any atom is -0.324 e. The molecule has 0 radical (unpaired) electrons. The number of carbonyl (C=O) groups excluding carboxylic acids is 2. The van der Waals surface area contributed by atoms with Crippen LogP contribution in [0, 0.1) is 12.7 Å². The predicted molar refractivity (Wildman–Crippen MR) is 101 cm³/mol. The lowest BCUT2D eigenvalue weighted by atomic mass is 10.3. The molecular weight excluding hydrogens is 371 g/mol. The summed E-state index contributed by atoms with van der Waals surface area (Å²) in [7, 11) is 0. The van der Waals surface area contributed by atoms with Crippen LogP contribution in [0.4, 0.5) is 15.8 Å². The summed E-state index contributed by atoms with van der Waals surface area (Å²) in [5, 5.41) is 10.1. The van der Waals surface area contributed by atoms with Gasteiger partial charge in [0.15, 0.2) is 0 Å². The highest BCUT2D eigenvalue weighted by Gasteiger charge is 2.16. The largest absolute Gasteiger partial charge is 0.324 e. The van der Waals surface area contributed by atoms with Crippen molar-refractivity contribution in [2.45, 2.75) is 13.5 Å². The van der Waals surface area contributed by atoms with Crippen LogP contribution in [0.15, 0.2) is 54.6 Å². The van der Waals surface area contributed by atoms with E-state index in [1.54, 1.807) is 37.3 Å². The molecule has 0 unspecified atom stereocenters. The normalized spacial score (nSPS) is 10.5. The molecular formula is C19H16ClFN4O2. The maximum absolute atomic E-state index is 12.9. The van der Waals surface area contributed by atoms with Crippen LogP contribution in [-0.2, 0) is 11.3 Å². The van der Waals surface area contributed by atoms with Crippen LogP contribution >= 0.6 is 11.6 Å². The summed E-state index contributed by atoms with van der Waals surface area (Å²) >= 11 is 5.83. The van der Waals surface area contributed by atoms with Gasteiger partial charge in [0, 0.05) is 16.4 Å². The van der Waals surface area contributed by atoms with Gasteiger partial charge >= 0.3 is 0 Å². The molecule has 0 aliphatic rings. The van der Waals surface area contributed by atoms with E-state index in [9.17, 15) is 14.0 Å². The third-order valence-electron chi connectivity index (χ3n) is 3.66. The van der Waals surface area contributed by atoms with Crippen LogP contribution in [-0.4, -0.2) is 21.6 Å². The van der Waals surface area contributed by atoms with Crippen molar-refractivity contribution in [3.05, 3.63) is 76.8 Å². The average Bonchev–Trinajstić information content (AvgIpc) is 2.99. The van der Waals surface area contributed by atoms with Gasteiger partial charge in [0.1, 0.15) is 18.1 Å². The molecule has 0 fully saturated rings. The van der Waals surface area contributed by atoms with Crippen molar-refractivity contribution in [2.24, 2.45) is 0 Å². The fourth-order valence-corrected chi connectivity index (χ4v) is 2.57. The fraction of sp³-hybridized carbons (Fsp3) is 0.105. The van der Waals surface area contributed by atoms with E-state index in [4.69, 9.17) is 11.6 Å². The SMILES string of the molecule is Cc1cc(C(=O)Nc2ccc(Cl)cc2)n(CC(=O)Nc2ccc(F)cc2)n1. The molecule has 0 saturated heterocycles. The molecule has 138 valence electrons. The quantitative estimate of drug-likeness (QED) is 0.698. The van der Waals surface area contributed by atoms with Crippen molar-refractivity contribution < 1.29 is 14.0 Å². The molecule has 1 heterocycles. The van der Waals surface area contributed by atoms with E-state index < -0.39 is 11.7 Å². The first-order chi connectivity index (χ1) is 12.9. The van der Waals surface area contributed by atoms with Crippen molar-refractivity contribution in [1.82, 2.24) is 9.78 Å². The number of aryl methyl sites for hydroxylation is 1. The number of hydrogen-bond acceptors (Lipinski definition) is 3. The number of hydrogen-bond donors (Lipinski definition) is 2. The first-order valence-electron chi connectivity index (χ1n) is 8.07. The molecule has 2 aromatic carbocycles. The van der Waals surface area contributed by atoms with E-state index in [0.717, 1.165) is 0 Å². The van der Waals surface area contributed by atoms with Gasteiger partial charge < -0.3 is 10.6 Å². The molecule has 0 saturated carbocycles. The Morgan fingerprint density at radius 2 is 1.63 bits per heavy atom. The Labute approximate surface area is 160 Å². The fourth-order valence-electron chi connectivity index (χ4n) is 2.45. The van der Waals surface area contributed by atoms with Crippen LogP contribution in [0.25, 0.3) is 0 Å². The number of amides is 2. The highest BCUT2D eigenvalue weighted by Crippen LogP contribution is 2.15. The van der Waals surface area contributed by atoms with Gasteiger partial charge in [0.2, 0.25) is 5.91 Å². The molecule has 1 aromatic heterocycles. The Morgan fingerprint density at radius 3 is 2.30 bits per heavy atom. The summed E-state index contributed by atoms with van der Waals surface area (Å²) in [5.74, 6) is -1.17. The second kappa shape index (κ2) is 8.01. The summed E-state index contributed by atoms with van der Waals surface area (Å²) < 4.78 is 14.3. The third-order valence-corrected chi connectivity index (χ3v) is 3.91. The smallest absolute Gasteiger partial charge is 0.273 e. The van der Waals surface area contributed by atoms with Gasteiger partial charge in [-0.1, -0.05) is 11.6 Å². The summed E-state index contributed by atoms with van der Waals surface area (Å²) in [6.07, 6.45) is 0. The summed E-state index contributed by atoms with van der Waals surface area (Å²) in [4.78, 5) is 24.8. The van der Waals surface area contributed by atoms with Gasteiger partial charge in [-0.05, 0) is 61.5 Å². The molecule has 0 spiro atoms. The molecule has 0 aliphatic carbocycles. The second-order valence-electron chi connectivity index (χ2n) is 5.84. The number of halogens is 2. The van der Waals surface area contributed by atoms with E-state index in [-0.39, 0.29) is 18.1 Å². The zero-order chi connectivity index (χ0) is 19.4. The second-order valence-corrected chi connectivity index (χ2v) is 6.28. The predicted octanol–water partition coefficient (Wildman–Crippen LogP) is 3.88. The summed E-state index contributed by atoms with van der Waals surface area (Å²) in [6, 6.07) is 13.7. The lowest BCUT2D eigenvalue weighted by molar-refractivity contribution is -0.116. The van der Waals surface area contributed by atoms with Crippen LogP contribution in [0.1, 0.15) is 16.2 Å². The third kappa shape index (κ3) is 4.92. The Bertz CT molecular complexity index is 968. The number of nitrogens with one attached hydrogen (secondary N) is 2. The van der Waals surface area contributed by atoms with E-state index in [1.807, 2.05) is 0 Å². The Balaban J connectivity index is 1.71. The highest BCUT2D eigenvalue weighted by molar-refractivity contribution is 6.30. The molecule has 3 rings (SSSR count). The van der Waals surface area contributed by atoms with Crippen LogP contribution in [0.2, 0.25) is 5.02 Å². The maximum Gasteiger partial charge on any atom is 0.273 e. The monoisotopic (exact) mass is 386 g/mol. The van der Waals surface area contributed by atoms with Crippen molar-refractivity contribution >= 4 is 34.8 Å². The van der Waals surface area contributed by atoms with E-state index in [0.29, 0.717) is 22.1 Å². The molecule has 2 amide bonds. The Kier molecular flexibility index (Phi) is 5.52. The number of anilines is 2. The van der Waals surface area contributed by atoms with Crippen molar-refractivity contribution in [1.29, 1.82) is 0 Å². The molecule has 27 heavy (non-hydrogen) atoms. The number of benzene rings is 2. The van der Waals surface area contributed by atoms with E-state index in [1.165, 1.54) is 28.9 Å². The molecule has 6 nitrogen and oxygen atoms in total. The minimum atomic E-state index is -0.396. The molecule has 0 bridgehead atoms. The van der Waals surface area contributed by atoms with Gasteiger partial charge in [-0.3, -0.25) is 14.3 Å². The Hall–Kier alpha value is -3.19. The van der Waals surface area contributed by atoms with Crippen molar-refractivity contribution in [3.63, 3.8) is 0 Å². The molecule has 2 N–H and O–H groups in total. The maximum atomic E-state index is 12.9. The zero-order valence-corrected chi connectivity index (χ0v) is 15.1. The van der Waals surface area contributed by atoms with Gasteiger partial charge in [0.05, 0.1) is 5.69 Å². The topological polar surface area (TPSA) is 76.0 Å². The van der Waals surface area contributed by atoms with Crippen molar-refractivity contribution in [3.8, 4) is 0 Å². The first kappa shape index (κ1) is 18.6.